The third-order valence-corrected chi connectivity index (χ3v) is 6.26. The van der Waals surface area contributed by atoms with Crippen molar-refractivity contribution in [1.82, 2.24) is 0 Å². The van der Waals surface area contributed by atoms with Crippen molar-refractivity contribution in [3.05, 3.63) is 48.0 Å². The Hall–Kier alpha value is -3.28. The molecule has 0 aliphatic rings. The van der Waals surface area contributed by atoms with Crippen molar-refractivity contribution >= 4 is 33.9 Å². The van der Waals surface area contributed by atoms with Crippen LogP contribution in [-0.2, 0) is 15.9 Å². The van der Waals surface area contributed by atoms with Crippen LogP contribution in [0.25, 0.3) is 21.5 Å². The lowest BCUT2D eigenvalue weighted by atomic mass is 9.97. The summed E-state index contributed by atoms with van der Waals surface area (Å²) in [5, 5.41) is 2.67. The quantitative estimate of drug-likeness (QED) is 0.105. The molecule has 3 aromatic rings. The van der Waals surface area contributed by atoms with Crippen LogP contribution in [0.2, 0.25) is 0 Å². The molecular weight excluding hydrogens is 468 g/mol. The van der Waals surface area contributed by atoms with Crippen molar-refractivity contribution in [2.45, 2.75) is 73.1 Å². The van der Waals surface area contributed by atoms with Gasteiger partial charge in [0, 0.05) is 21.5 Å². The van der Waals surface area contributed by atoms with Crippen molar-refractivity contribution in [3.8, 4) is 11.5 Å². The standard InChI is InChI=1S/C31H40O6/c1-6-7-8-11-23-14-15-26-27(20-23)29(37-31(33)35-19-17-22(4)5)25-13-10-9-12-24(25)28(26)36-30(32)34-18-16-21(2)3/h9-10,12-15,20-22H,6-8,11,16-19H2,1-5H3. The van der Waals surface area contributed by atoms with Gasteiger partial charge in [0.05, 0.1) is 13.2 Å². The first-order valence-electron chi connectivity index (χ1n) is 13.5. The average Bonchev–Trinajstić information content (AvgIpc) is 2.85. The molecule has 0 N–H and O–H groups in total. The van der Waals surface area contributed by atoms with Gasteiger partial charge in [-0.1, -0.05) is 83.9 Å². The molecule has 0 atom stereocenters. The van der Waals surface area contributed by atoms with Crippen LogP contribution >= 0.6 is 0 Å². The molecule has 0 unspecified atom stereocenters. The molecule has 3 rings (SSSR count). The van der Waals surface area contributed by atoms with E-state index < -0.39 is 12.3 Å². The predicted octanol–water partition coefficient (Wildman–Crippen LogP) is 8.85. The molecule has 0 heterocycles. The second-order valence-electron chi connectivity index (χ2n) is 10.3. The fourth-order valence-corrected chi connectivity index (χ4v) is 4.08. The van der Waals surface area contributed by atoms with Gasteiger partial charge in [-0.25, -0.2) is 9.59 Å². The van der Waals surface area contributed by atoms with E-state index in [-0.39, 0.29) is 13.2 Å². The van der Waals surface area contributed by atoms with Gasteiger partial charge in [0.2, 0.25) is 0 Å². The van der Waals surface area contributed by atoms with E-state index in [4.69, 9.17) is 18.9 Å². The molecule has 0 bridgehead atoms. The van der Waals surface area contributed by atoms with E-state index in [0.29, 0.717) is 44.9 Å². The van der Waals surface area contributed by atoms with Crippen LogP contribution in [-0.4, -0.2) is 25.5 Å². The third kappa shape index (κ3) is 8.11. The largest absolute Gasteiger partial charge is 0.513 e. The van der Waals surface area contributed by atoms with Crippen LogP contribution in [0.4, 0.5) is 9.59 Å². The zero-order valence-electron chi connectivity index (χ0n) is 22.8. The van der Waals surface area contributed by atoms with Gasteiger partial charge < -0.3 is 18.9 Å². The van der Waals surface area contributed by atoms with Crippen molar-refractivity contribution < 1.29 is 28.5 Å². The predicted molar refractivity (Wildman–Crippen MR) is 148 cm³/mol. The smallest absolute Gasteiger partial charge is 0.434 e. The van der Waals surface area contributed by atoms with Crippen LogP contribution in [0.5, 0.6) is 11.5 Å². The number of hydrogen-bond donors (Lipinski definition) is 0. The average molecular weight is 509 g/mol. The van der Waals surface area contributed by atoms with Crippen LogP contribution < -0.4 is 9.47 Å². The van der Waals surface area contributed by atoms with Gasteiger partial charge in [0.1, 0.15) is 11.5 Å². The van der Waals surface area contributed by atoms with Crippen molar-refractivity contribution in [2.24, 2.45) is 11.8 Å². The molecule has 200 valence electrons. The molecule has 0 aliphatic heterocycles. The summed E-state index contributed by atoms with van der Waals surface area (Å²) in [6.45, 7) is 11.0. The van der Waals surface area contributed by atoms with Gasteiger partial charge in [-0.05, 0) is 49.1 Å². The van der Waals surface area contributed by atoms with Crippen LogP contribution in [0.3, 0.4) is 0 Å². The normalized spacial score (nSPS) is 11.3. The van der Waals surface area contributed by atoms with Gasteiger partial charge in [-0.3, -0.25) is 0 Å². The molecule has 3 aromatic carbocycles. The summed E-state index contributed by atoms with van der Waals surface area (Å²) >= 11 is 0. The van der Waals surface area contributed by atoms with E-state index in [1.54, 1.807) is 0 Å². The lowest BCUT2D eigenvalue weighted by Crippen LogP contribution is -2.14. The maximum absolute atomic E-state index is 12.7. The number of benzene rings is 3. The summed E-state index contributed by atoms with van der Waals surface area (Å²) in [6.07, 6.45) is 4.25. The molecule has 0 saturated carbocycles. The highest BCUT2D eigenvalue weighted by Gasteiger charge is 2.21. The number of fused-ring (bicyclic) bond motifs is 2. The van der Waals surface area contributed by atoms with E-state index >= 15 is 0 Å². The molecule has 0 amide bonds. The first-order chi connectivity index (χ1) is 17.8. The Labute approximate surface area is 220 Å². The van der Waals surface area contributed by atoms with Crippen molar-refractivity contribution in [3.63, 3.8) is 0 Å². The number of carbonyl (C=O) groups is 2. The van der Waals surface area contributed by atoms with E-state index in [1.807, 2.05) is 42.5 Å². The SMILES string of the molecule is CCCCCc1ccc2c(OC(=O)OCCC(C)C)c3ccccc3c(OC(=O)OCCC(C)C)c2c1. The number of ether oxygens (including phenoxy) is 4. The Balaban J connectivity index is 2.04. The molecule has 0 fully saturated rings. The van der Waals surface area contributed by atoms with Gasteiger partial charge in [-0.2, -0.15) is 0 Å². The molecule has 6 nitrogen and oxygen atoms in total. The molecule has 0 radical (unpaired) electrons. The number of carbonyl (C=O) groups excluding carboxylic acids is 2. The highest BCUT2D eigenvalue weighted by Crippen LogP contribution is 2.43. The molecule has 0 aliphatic carbocycles. The van der Waals surface area contributed by atoms with Gasteiger partial charge >= 0.3 is 12.3 Å². The maximum atomic E-state index is 12.7. The van der Waals surface area contributed by atoms with Crippen molar-refractivity contribution in [1.29, 1.82) is 0 Å². The fourth-order valence-electron chi connectivity index (χ4n) is 4.08. The summed E-state index contributed by atoms with van der Waals surface area (Å²) < 4.78 is 22.3. The highest BCUT2D eigenvalue weighted by atomic mass is 16.7. The number of hydrogen-bond acceptors (Lipinski definition) is 6. The van der Waals surface area contributed by atoms with Crippen LogP contribution in [0, 0.1) is 11.8 Å². The molecule has 0 saturated heterocycles. The van der Waals surface area contributed by atoms with E-state index in [1.165, 1.54) is 0 Å². The molecule has 37 heavy (non-hydrogen) atoms. The topological polar surface area (TPSA) is 71.1 Å². The van der Waals surface area contributed by atoms with Gasteiger partial charge in [0.15, 0.2) is 0 Å². The van der Waals surface area contributed by atoms with E-state index in [9.17, 15) is 9.59 Å². The summed E-state index contributed by atoms with van der Waals surface area (Å²) in [5.41, 5.74) is 1.12. The summed E-state index contributed by atoms with van der Waals surface area (Å²) in [6, 6.07) is 13.4. The lowest BCUT2D eigenvalue weighted by Gasteiger charge is -2.17. The molecule has 0 spiro atoms. The Morgan fingerprint density at radius 2 is 1.22 bits per heavy atom. The zero-order chi connectivity index (χ0) is 26.8. The van der Waals surface area contributed by atoms with E-state index in [0.717, 1.165) is 44.1 Å². The van der Waals surface area contributed by atoms with Gasteiger partial charge in [-0.15, -0.1) is 0 Å². The summed E-state index contributed by atoms with van der Waals surface area (Å²) in [4.78, 5) is 25.3. The maximum Gasteiger partial charge on any atom is 0.513 e. The summed E-state index contributed by atoms with van der Waals surface area (Å²) in [7, 11) is 0. The second-order valence-corrected chi connectivity index (χ2v) is 10.3. The highest BCUT2D eigenvalue weighted by molar-refractivity contribution is 6.12. The Morgan fingerprint density at radius 1 is 0.703 bits per heavy atom. The minimum absolute atomic E-state index is 0.289. The number of aryl methyl sites for hydroxylation is 1. The zero-order valence-corrected chi connectivity index (χ0v) is 22.8. The molecule has 0 aromatic heterocycles. The third-order valence-electron chi connectivity index (χ3n) is 6.26. The minimum atomic E-state index is -0.749. The van der Waals surface area contributed by atoms with Crippen molar-refractivity contribution in [2.75, 3.05) is 13.2 Å². The van der Waals surface area contributed by atoms with Crippen LogP contribution in [0.1, 0.15) is 72.3 Å². The first-order valence-corrected chi connectivity index (χ1v) is 13.5. The Bertz CT molecular complexity index is 1200. The Kier molecular flexibility index (Phi) is 10.6. The van der Waals surface area contributed by atoms with E-state index in [2.05, 4.69) is 34.6 Å². The Morgan fingerprint density at radius 3 is 1.73 bits per heavy atom. The number of unbranched alkanes of at least 4 members (excludes halogenated alkanes) is 2. The first kappa shape index (κ1) is 28.3. The fraction of sp³-hybridized carbons (Fsp3) is 0.484. The monoisotopic (exact) mass is 508 g/mol. The minimum Gasteiger partial charge on any atom is -0.434 e. The summed E-state index contributed by atoms with van der Waals surface area (Å²) in [5.74, 6) is 1.62. The second kappa shape index (κ2) is 13.9. The molecular formula is C31H40O6. The lowest BCUT2D eigenvalue weighted by molar-refractivity contribution is 0.0940. The van der Waals surface area contributed by atoms with Crippen LogP contribution in [0.15, 0.2) is 42.5 Å². The number of rotatable bonds is 12. The molecule has 6 heteroatoms. The van der Waals surface area contributed by atoms with Gasteiger partial charge in [0.25, 0.3) is 0 Å².